The lowest BCUT2D eigenvalue weighted by Gasteiger charge is -2.43. The average molecular weight is 505 g/mol. The second-order valence-electron chi connectivity index (χ2n) is 12.0. The van der Waals surface area contributed by atoms with Gasteiger partial charge in [-0.25, -0.2) is 8.78 Å². The molecule has 1 aromatic rings. The molecule has 4 rings (SSSR count). The Labute approximate surface area is 214 Å². The fraction of sp³-hybridized carbons (Fsp3) is 0.714. The quantitative estimate of drug-likeness (QED) is 0.678. The smallest absolute Gasteiger partial charge is 0.239 e. The van der Waals surface area contributed by atoms with Crippen molar-refractivity contribution in [1.29, 1.82) is 0 Å². The highest BCUT2D eigenvalue weighted by Crippen LogP contribution is 2.39. The molecular weight excluding hydrogens is 462 g/mol. The zero-order valence-electron chi connectivity index (χ0n) is 22.2. The summed E-state index contributed by atoms with van der Waals surface area (Å²) >= 11 is 0. The molecule has 1 aromatic carbocycles. The van der Waals surface area contributed by atoms with Crippen LogP contribution in [0.15, 0.2) is 18.2 Å². The Morgan fingerprint density at radius 3 is 2.33 bits per heavy atom. The summed E-state index contributed by atoms with van der Waals surface area (Å²) in [5.74, 6) is -1.80. The number of nitrogens with two attached hydrogens (primary N) is 1. The maximum Gasteiger partial charge on any atom is 0.239 e. The first-order valence-electron chi connectivity index (χ1n) is 13.5. The van der Waals surface area contributed by atoms with Crippen molar-refractivity contribution in [3.8, 4) is 0 Å². The number of carbonyl (C=O) groups excluding carboxylic acids is 2. The summed E-state index contributed by atoms with van der Waals surface area (Å²) in [7, 11) is 0. The molecule has 0 radical (unpaired) electrons. The number of hydrogen-bond acceptors (Lipinski definition) is 4. The molecule has 0 bridgehead atoms. The molecule has 1 aliphatic carbocycles. The van der Waals surface area contributed by atoms with Gasteiger partial charge in [0.2, 0.25) is 11.8 Å². The normalized spacial score (nSPS) is 27.4. The third-order valence-corrected chi connectivity index (χ3v) is 8.61. The van der Waals surface area contributed by atoms with Gasteiger partial charge in [0.1, 0.15) is 11.6 Å². The van der Waals surface area contributed by atoms with Gasteiger partial charge >= 0.3 is 0 Å². The van der Waals surface area contributed by atoms with Gasteiger partial charge in [-0.3, -0.25) is 14.5 Å². The fourth-order valence-electron chi connectivity index (χ4n) is 6.32. The molecule has 0 aromatic heterocycles. The van der Waals surface area contributed by atoms with E-state index in [4.69, 9.17) is 5.73 Å². The minimum absolute atomic E-state index is 0.00752. The van der Waals surface area contributed by atoms with E-state index in [2.05, 4.69) is 25.7 Å². The van der Waals surface area contributed by atoms with Crippen molar-refractivity contribution in [2.24, 2.45) is 17.6 Å². The Hall–Kier alpha value is -2.06. The predicted molar refractivity (Wildman–Crippen MR) is 136 cm³/mol. The highest BCUT2D eigenvalue weighted by molar-refractivity contribution is 5.84. The summed E-state index contributed by atoms with van der Waals surface area (Å²) in [5, 5.41) is 0. The molecule has 3 fully saturated rings. The Morgan fingerprint density at radius 1 is 1.03 bits per heavy atom. The van der Waals surface area contributed by atoms with E-state index < -0.39 is 23.6 Å². The second kappa shape index (κ2) is 10.7. The van der Waals surface area contributed by atoms with Crippen LogP contribution in [-0.2, 0) is 9.59 Å². The van der Waals surface area contributed by atoms with Crippen molar-refractivity contribution in [3.05, 3.63) is 35.4 Å². The van der Waals surface area contributed by atoms with E-state index in [9.17, 15) is 18.4 Å². The third kappa shape index (κ3) is 5.59. The van der Waals surface area contributed by atoms with Gasteiger partial charge in [-0.2, -0.15) is 0 Å². The molecule has 4 atom stereocenters. The van der Waals surface area contributed by atoms with E-state index in [0.717, 1.165) is 31.7 Å². The first-order chi connectivity index (χ1) is 17.0. The number of rotatable bonds is 4. The Bertz CT molecular complexity index is 959. The highest BCUT2D eigenvalue weighted by atomic mass is 19.1. The molecule has 2 saturated heterocycles. The summed E-state index contributed by atoms with van der Waals surface area (Å²) in [6, 6.07) is 3.02. The number of piperazine rings is 1. The van der Waals surface area contributed by atoms with Gasteiger partial charge in [-0.15, -0.1) is 0 Å². The SMILES string of the molecule is C[C@H]1CN(C(=O)[C@@H](N)C2CCCCC2)CCN1C(=O)[C@@H]1CN(C(C)(C)C)C[C@H]1c1ccc(F)cc1F. The largest absolute Gasteiger partial charge is 0.338 e. The molecule has 1 saturated carbocycles. The van der Waals surface area contributed by atoms with Crippen molar-refractivity contribution >= 4 is 11.8 Å². The number of benzene rings is 1. The lowest BCUT2D eigenvalue weighted by molar-refractivity contribution is -0.146. The van der Waals surface area contributed by atoms with Crippen LogP contribution < -0.4 is 5.73 Å². The molecule has 36 heavy (non-hydrogen) atoms. The minimum atomic E-state index is -0.620. The van der Waals surface area contributed by atoms with Gasteiger partial charge in [0.25, 0.3) is 0 Å². The van der Waals surface area contributed by atoms with E-state index in [0.29, 0.717) is 38.3 Å². The first kappa shape index (κ1) is 27.0. The van der Waals surface area contributed by atoms with Crippen molar-refractivity contribution in [3.63, 3.8) is 0 Å². The Balaban J connectivity index is 1.47. The highest BCUT2D eigenvalue weighted by Gasteiger charge is 2.46. The minimum Gasteiger partial charge on any atom is -0.338 e. The molecule has 0 unspecified atom stereocenters. The number of amides is 2. The summed E-state index contributed by atoms with van der Waals surface area (Å²) in [5.41, 5.74) is 6.59. The van der Waals surface area contributed by atoms with Crippen LogP contribution in [0.4, 0.5) is 8.78 Å². The molecule has 2 N–H and O–H groups in total. The van der Waals surface area contributed by atoms with E-state index in [1.165, 1.54) is 18.6 Å². The third-order valence-electron chi connectivity index (χ3n) is 8.61. The van der Waals surface area contributed by atoms with Gasteiger partial charge in [0.05, 0.1) is 12.0 Å². The molecule has 2 aliphatic heterocycles. The van der Waals surface area contributed by atoms with Crippen LogP contribution in [0.3, 0.4) is 0 Å². The van der Waals surface area contributed by atoms with Crippen LogP contribution in [0.25, 0.3) is 0 Å². The van der Waals surface area contributed by atoms with Crippen LogP contribution in [-0.4, -0.2) is 76.9 Å². The second-order valence-corrected chi connectivity index (χ2v) is 12.0. The molecule has 2 heterocycles. The molecule has 6 nitrogen and oxygen atoms in total. The van der Waals surface area contributed by atoms with E-state index in [1.54, 1.807) is 0 Å². The average Bonchev–Trinajstić information content (AvgIpc) is 3.29. The van der Waals surface area contributed by atoms with E-state index in [1.807, 2.05) is 16.7 Å². The lowest BCUT2D eigenvalue weighted by Crippen LogP contribution is -2.60. The topological polar surface area (TPSA) is 69.9 Å². The Morgan fingerprint density at radius 2 is 1.72 bits per heavy atom. The number of nitrogens with zero attached hydrogens (tertiary/aromatic N) is 3. The number of likely N-dealkylation sites (tertiary alicyclic amines) is 1. The summed E-state index contributed by atoms with van der Waals surface area (Å²) < 4.78 is 28.4. The molecule has 200 valence electrons. The number of hydrogen-bond donors (Lipinski definition) is 1. The summed E-state index contributed by atoms with van der Waals surface area (Å²) in [4.78, 5) is 32.9. The van der Waals surface area contributed by atoms with Crippen LogP contribution in [0.1, 0.15) is 71.3 Å². The van der Waals surface area contributed by atoms with Gasteiger partial charge < -0.3 is 15.5 Å². The van der Waals surface area contributed by atoms with Crippen molar-refractivity contribution in [2.75, 3.05) is 32.7 Å². The van der Waals surface area contributed by atoms with Gasteiger partial charge in [-0.1, -0.05) is 25.3 Å². The lowest BCUT2D eigenvalue weighted by atomic mass is 9.83. The van der Waals surface area contributed by atoms with Crippen LogP contribution in [0, 0.1) is 23.5 Å². The maximum atomic E-state index is 14.8. The van der Waals surface area contributed by atoms with Crippen LogP contribution in [0.2, 0.25) is 0 Å². The zero-order chi connectivity index (χ0) is 26.2. The molecule has 3 aliphatic rings. The van der Waals surface area contributed by atoms with Crippen molar-refractivity contribution in [1.82, 2.24) is 14.7 Å². The van der Waals surface area contributed by atoms with E-state index >= 15 is 0 Å². The standard InChI is InChI=1S/C28H42F2N4O2/c1-18-15-32(27(36)25(31)19-8-6-5-7-9-19)12-13-34(18)26(35)23-17-33(28(2,3)4)16-22(23)21-11-10-20(29)14-24(21)30/h10-11,14,18-19,22-23,25H,5-9,12-13,15-17,31H2,1-4H3/t18-,22-,23+,25-/m0/s1. The fourth-order valence-corrected chi connectivity index (χ4v) is 6.32. The monoisotopic (exact) mass is 504 g/mol. The molecule has 0 spiro atoms. The van der Waals surface area contributed by atoms with Crippen LogP contribution >= 0.6 is 0 Å². The van der Waals surface area contributed by atoms with Crippen LogP contribution in [0.5, 0.6) is 0 Å². The zero-order valence-corrected chi connectivity index (χ0v) is 22.2. The van der Waals surface area contributed by atoms with Crippen molar-refractivity contribution in [2.45, 2.75) is 83.3 Å². The van der Waals surface area contributed by atoms with Gasteiger partial charge in [-0.05, 0) is 58.1 Å². The molecule has 2 amide bonds. The predicted octanol–water partition coefficient (Wildman–Crippen LogP) is 3.75. The van der Waals surface area contributed by atoms with E-state index in [-0.39, 0.29) is 35.2 Å². The van der Waals surface area contributed by atoms with Crippen molar-refractivity contribution < 1.29 is 18.4 Å². The molecular formula is C28H42F2N4O2. The number of halogens is 2. The Kier molecular flexibility index (Phi) is 8.05. The van der Waals surface area contributed by atoms with Gasteiger partial charge in [0, 0.05) is 56.3 Å². The number of carbonyl (C=O) groups is 2. The maximum absolute atomic E-state index is 14.8. The first-order valence-corrected chi connectivity index (χ1v) is 13.5. The molecule has 8 heteroatoms. The van der Waals surface area contributed by atoms with Gasteiger partial charge in [0.15, 0.2) is 0 Å². The summed E-state index contributed by atoms with van der Waals surface area (Å²) in [6.45, 7) is 10.6. The summed E-state index contributed by atoms with van der Waals surface area (Å²) in [6.07, 6.45) is 5.49.